The Bertz CT molecular complexity index is 167. The van der Waals surface area contributed by atoms with Gasteiger partial charge in [0, 0.05) is 0 Å². The van der Waals surface area contributed by atoms with Gasteiger partial charge in [-0.2, -0.15) is 0 Å². The van der Waals surface area contributed by atoms with Gasteiger partial charge in [-0.25, -0.2) is 5.11 Å². The minimum Gasteiger partial charge on any atom is -0.228 e. The van der Waals surface area contributed by atoms with Gasteiger partial charge in [-0.15, -0.1) is 0 Å². The molecule has 0 unspecified atom stereocenters. The summed E-state index contributed by atoms with van der Waals surface area (Å²) in [4.78, 5) is 0. The lowest BCUT2D eigenvalue weighted by Crippen LogP contribution is -1.85. The summed E-state index contributed by atoms with van der Waals surface area (Å²) in [5.74, 6) is 0. The first-order valence-electron chi connectivity index (χ1n) is 3.01. The van der Waals surface area contributed by atoms with Crippen molar-refractivity contribution in [1.29, 1.82) is 0 Å². The normalized spacial score (nSPS) is 13.1. The summed E-state index contributed by atoms with van der Waals surface area (Å²) >= 11 is 0. The molecular weight excluding hydrogens is 112 g/mol. The van der Waals surface area contributed by atoms with E-state index < -0.39 is 6.10 Å². The van der Waals surface area contributed by atoms with Gasteiger partial charge < -0.3 is 0 Å². The summed E-state index contributed by atoms with van der Waals surface area (Å²) in [6.45, 7) is 1.65. The van der Waals surface area contributed by atoms with Crippen molar-refractivity contribution in [2.75, 3.05) is 0 Å². The van der Waals surface area contributed by atoms with E-state index in [1.54, 1.807) is 6.92 Å². The van der Waals surface area contributed by atoms with Crippen LogP contribution in [0.25, 0.3) is 0 Å². The van der Waals surface area contributed by atoms with Gasteiger partial charge in [0.1, 0.15) is 6.10 Å². The largest absolute Gasteiger partial charge is 0.228 e. The molecular formula is C8H9O. The lowest BCUT2D eigenvalue weighted by Gasteiger charge is -1.98. The topological polar surface area (TPSA) is 19.9 Å². The third-order valence-corrected chi connectivity index (χ3v) is 1.27. The maximum atomic E-state index is 10.7. The minimum atomic E-state index is -0.591. The Hall–Kier alpha value is -0.820. The van der Waals surface area contributed by atoms with Crippen LogP contribution in [0, 0.1) is 0 Å². The van der Waals surface area contributed by atoms with Gasteiger partial charge in [-0.05, 0) is 12.5 Å². The molecule has 1 radical (unpaired) electrons. The van der Waals surface area contributed by atoms with E-state index in [0.717, 1.165) is 5.56 Å². The highest BCUT2D eigenvalue weighted by Crippen LogP contribution is 2.09. The van der Waals surface area contributed by atoms with Crippen LogP contribution in [0.15, 0.2) is 30.3 Å². The molecule has 0 N–H and O–H groups in total. The zero-order valence-electron chi connectivity index (χ0n) is 5.37. The van der Waals surface area contributed by atoms with Crippen molar-refractivity contribution in [2.45, 2.75) is 13.0 Å². The van der Waals surface area contributed by atoms with Crippen molar-refractivity contribution < 1.29 is 5.11 Å². The number of rotatable bonds is 1. The highest BCUT2D eigenvalue weighted by Gasteiger charge is 1.97. The number of hydrogen-bond acceptors (Lipinski definition) is 0. The molecule has 47 valence electrons. The first-order chi connectivity index (χ1) is 4.30. The van der Waals surface area contributed by atoms with E-state index >= 15 is 0 Å². The van der Waals surface area contributed by atoms with Crippen LogP contribution < -0.4 is 0 Å². The fraction of sp³-hybridized carbons (Fsp3) is 0.250. The van der Waals surface area contributed by atoms with Crippen LogP contribution in [0.3, 0.4) is 0 Å². The molecule has 1 heteroatoms. The summed E-state index contributed by atoms with van der Waals surface area (Å²) in [5.41, 5.74) is 0.859. The molecule has 1 nitrogen and oxygen atoms in total. The minimum absolute atomic E-state index is 0.591. The van der Waals surface area contributed by atoms with Gasteiger partial charge in [0.05, 0.1) is 0 Å². The summed E-state index contributed by atoms with van der Waals surface area (Å²) in [6.07, 6.45) is -0.591. The molecule has 0 heterocycles. The van der Waals surface area contributed by atoms with E-state index in [2.05, 4.69) is 0 Å². The lowest BCUT2D eigenvalue weighted by atomic mass is 10.1. The molecule has 1 rings (SSSR count). The first kappa shape index (κ1) is 6.30. The molecule has 0 aliphatic carbocycles. The second kappa shape index (κ2) is 2.65. The van der Waals surface area contributed by atoms with Crippen LogP contribution in [0.5, 0.6) is 0 Å². The average molecular weight is 121 g/mol. The Morgan fingerprint density at radius 3 is 2.11 bits per heavy atom. The molecule has 1 aromatic carbocycles. The molecule has 1 aromatic rings. The molecule has 0 aliphatic rings. The van der Waals surface area contributed by atoms with Gasteiger partial charge in [-0.1, -0.05) is 30.3 Å². The van der Waals surface area contributed by atoms with Crippen LogP contribution in [0.1, 0.15) is 18.6 Å². The van der Waals surface area contributed by atoms with E-state index in [9.17, 15) is 5.11 Å². The molecule has 0 amide bonds. The van der Waals surface area contributed by atoms with Crippen LogP contribution in [-0.4, -0.2) is 0 Å². The summed E-state index contributed by atoms with van der Waals surface area (Å²) in [6, 6.07) is 9.36. The number of benzene rings is 1. The van der Waals surface area contributed by atoms with Crippen molar-refractivity contribution in [3.8, 4) is 0 Å². The Balaban J connectivity index is 2.85. The molecule has 0 aromatic heterocycles. The van der Waals surface area contributed by atoms with Crippen molar-refractivity contribution in [2.24, 2.45) is 0 Å². The Morgan fingerprint density at radius 2 is 1.78 bits per heavy atom. The maximum Gasteiger partial charge on any atom is 0.115 e. The summed E-state index contributed by atoms with van der Waals surface area (Å²) in [5, 5.41) is 10.7. The predicted octanol–water partition coefficient (Wildman–Crippen LogP) is 2.18. The second-order valence-electron chi connectivity index (χ2n) is 2.05. The van der Waals surface area contributed by atoms with E-state index in [1.807, 2.05) is 30.3 Å². The highest BCUT2D eigenvalue weighted by molar-refractivity contribution is 5.16. The molecule has 0 saturated heterocycles. The molecule has 9 heavy (non-hydrogen) atoms. The van der Waals surface area contributed by atoms with Crippen molar-refractivity contribution in [1.82, 2.24) is 0 Å². The van der Waals surface area contributed by atoms with E-state index in [0.29, 0.717) is 0 Å². The Morgan fingerprint density at radius 1 is 1.22 bits per heavy atom. The molecule has 0 aliphatic heterocycles. The fourth-order valence-corrected chi connectivity index (χ4v) is 0.724. The van der Waals surface area contributed by atoms with Crippen LogP contribution in [0.2, 0.25) is 0 Å². The molecule has 1 atom stereocenters. The van der Waals surface area contributed by atoms with E-state index in [1.165, 1.54) is 0 Å². The molecule has 0 fully saturated rings. The Labute approximate surface area is 55.0 Å². The lowest BCUT2D eigenvalue weighted by molar-refractivity contribution is 0.106. The third kappa shape index (κ3) is 1.54. The standard InChI is InChI=1S/C8H9O/c1-7(9)8-5-3-2-4-6-8/h2-7H,1H3/t7-/m1/s1. The molecule has 0 saturated carbocycles. The molecule has 0 spiro atoms. The van der Waals surface area contributed by atoms with E-state index in [-0.39, 0.29) is 0 Å². The zero-order chi connectivity index (χ0) is 6.69. The first-order valence-corrected chi connectivity index (χ1v) is 3.01. The third-order valence-electron chi connectivity index (χ3n) is 1.27. The van der Waals surface area contributed by atoms with Crippen molar-refractivity contribution in [3.63, 3.8) is 0 Å². The quantitative estimate of drug-likeness (QED) is 0.542. The van der Waals surface area contributed by atoms with Crippen LogP contribution >= 0.6 is 0 Å². The van der Waals surface area contributed by atoms with Gasteiger partial charge in [0.25, 0.3) is 0 Å². The van der Waals surface area contributed by atoms with Crippen molar-refractivity contribution in [3.05, 3.63) is 35.9 Å². The SMILES string of the molecule is C[C@@H]([O])c1ccccc1. The zero-order valence-corrected chi connectivity index (χ0v) is 5.37. The maximum absolute atomic E-state index is 10.7. The van der Waals surface area contributed by atoms with Crippen LogP contribution in [-0.2, 0) is 5.11 Å². The van der Waals surface area contributed by atoms with Gasteiger partial charge in [-0.3, -0.25) is 0 Å². The van der Waals surface area contributed by atoms with E-state index in [4.69, 9.17) is 0 Å². The predicted molar refractivity (Wildman–Crippen MR) is 35.5 cm³/mol. The van der Waals surface area contributed by atoms with Crippen molar-refractivity contribution >= 4 is 0 Å². The van der Waals surface area contributed by atoms with Crippen LogP contribution in [0.4, 0.5) is 0 Å². The Kier molecular flexibility index (Phi) is 1.85. The average Bonchev–Trinajstić information content (AvgIpc) is 1.90. The summed E-state index contributed by atoms with van der Waals surface area (Å²) in [7, 11) is 0. The fourth-order valence-electron chi connectivity index (χ4n) is 0.724. The smallest absolute Gasteiger partial charge is 0.115 e. The number of hydrogen-bond donors (Lipinski definition) is 0. The molecule has 0 bridgehead atoms. The van der Waals surface area contributed by atoms with Gasteiger partial charge in [0.2, 0.25) is 0 Å². The highest BCUT2D eigenvalue weighted by atomic mass is 16.3. The summed E-state index contributed by atoms with van der Waals surface area (Å²) < 4.78 is 0. The van der Waals surface area contributed by atoms with Gasteiger partial charge in [0.15, 0.2) is 0 Å². The van der Waals surface area contributed by atoms with Gasteiger partial charge >= 0.3 is 0 Å². The monoisotopic (exact) mass is 121 g/mol. The second-order valence-corrected chi connectivity index (χ2v) is 2.05.